The molecule has 1 saturated heterocycles. The summed E-state index contributed by atoms with van der Waals surface area (Å²) < 4.78 is 1.84. The largest absolute Gasteiger partial charge is 0.353 e. The van der Waals surface area contributed by atoms with Gasteiger partial charge in [-0.3, -0.25) is 4.79 Å². The topological polar surface area (TPSA) is 67.2 Å². The van der Waals surface area contributed by atoms with Crippen LogP contribution in [-0.4, -0.2) is 56.5 Å². The van der Waals surface area contributed by atoms with Crippen molar-refractivity contribution in [3.05, 3.63) is 36.3 Å². The monoisotopic (exact) mass is 342 g/mol. The van der Waals surface area contributed by atoms with Crippen LogP contribution in [0.2, 0.25) is 0 Å². The van der Waals surface area contributed by atoms with Gasteiger partial charge in [0.1, 0.15) is 17.7 Å². The predicted octanol–water partition coefficient (Wildman–Crippen LogP) is 2.01. The smallest absolute Gasteiger partial charge is 0.245 e. The summed E-state index contributed by atoms with van der Waals surface area (Å²) in [6, 6.07) is 1.81. The molecule has 1 amide bonds. The van der Waals surface area contributed by atoms with Crippen LogP contribution in [0.25, 0.3) is 0 Å². The average Bonchev–Trinajstić information content (AvgIpc) is 3.14. The second kappa shape index (κ2) is 7.21. The van der Waals surface area contributed by atoms with Gasteiger partial charge in [0.05, 0.1) is 6.33 Å². The summed E-state index contributed by atoms with van der Waals surface area (Å²) in [5.74, 6) is 2.28. The Morgan fingerprint density at radius 3 is 2.44 bits per heavy atom. The number of amides is 1. The van der Waals surface area contributed by atoms with Gasteiger partial charge in [0.15, 0.2) is 0 Å². The third-order valence-corrected chi connectivity index (χ3v) is 4.62. The minimum atomic E-state index is -0.220. The van der Waals surface area contributed by atoms with Crippen LogP contribution >= 0.6 is 0 Å². The molecule has 0 bridgehead atoms. The number of piperazine rings is 1. The van der Waals surface area contributed by atoms with Gasteiger partial charge < -0.3 is 14.4 Å². The summed E-state index contributed by atoms with van der Waals surface area (Å²) in [6.07, 6.45) is 5.22. The molecule has 3 rings (SSSR count). The number of aryl methyl sites for hydroxylation is 1. The van der Waals surface area contributed by atoms with Crippen LogP contribution in [0.5, 0.6) is 0 Å². The van der Waals surface area contributed by atoms with Crippen molar-refractivity contribution in [3.63, 3.8) is 0 Å². The third-order valence-electron chi connectivity index (χ3n) is 4.62. The molecule has 0 unspecified atom stereocenters. The summed E-state index contributed by atoms with van der Waals surface area (Å²) in [7, 11) is 0. The van der Waals surface area contributed by atoms with Crippen LogP contribution in [0.3, 0.4) is 0 Å². The minimum Gasteiger partial charge on any atom is -0.353 e. The number of nitrogens with zero attached hydrogens (tertiary/aromatic N) is 6. The van der Waals surface area contributed by atoms with Gasteiger partial charge in [0.2, 0.25) is 5.91 Å². The SMILES string of the molecule is Cc1cc(N2CCN(C(=O)[C@H](C)n3ccnc3)CC2)nc(C(C)C)n1. The lowest BCUT2D eigenvalue weighted by atomic mass is 10.2. The van der Waals surface area contributed by atoms with E-state index in [1.54, 1.807) is 12.5 Å². The van der Waals surface area contributed by atoms with E-state index in [1.807, 2.05) is 35.6 Å². The molecule has 134 valence electrons. The highest BCUT2D eigenvalue weighted by Gasteiger charge is 2.26. The van der Waals surface area contributed by atoms with Crippen molar-refractivity contribution in [3.8, 4) is 0 Å². The summed E-state index contributed by atoms with van der Waals surface area (Å²) >= 11 is 0. The molecule has 0 aliphatic carbocycles. The molecule has 0 saturated carbocycles. The first kappa shape index (κ1) is 17.4. The minimum absolute atomic E-state index is 0.138. The number of hydrogen-bond donors (Lipinski definition) is 0. The van der Waals surface area contributed by atoms with Crippen molar-refractivity contribution < 1.29 is 4.79 Å². The van der Waals surface area contributed by atoms with Crippen LogP contribution in [-0.2, 0) is 4.79 Å². The van der Waals surface area contributed by atoms with Gasteiger partial charge >= 0.3 is 0 Å². The maximum atomic E-state index is 12.7. The molecule has 2 aromatic heterocycles. The number of anilines is 1. The zero-order valence-electron chi connectivity index (χ0n) is 15.4. The molecule has 0 radical (unpaired) electrons. The second-order valence-electron chi connectivity index (χ2n) is 6.88. The Bertz CT molecular complexity index is 719. The molecule has 0 aromatic carbocycles. The van der Waals surface area contributed by atoms with E-state index in [0.29, 0.717) is 19.0 Å². The lowest BCUT2D eigenvalue weighted by molar-refractivity contribution is -0.134. The number of rotatable bonds is 4. The summed E-state index contributed by atoms with van der Waals surface area (Å²) in [5, 5.41) is 0. The van der Waals surface area contributed by atoms with E-state index in [9.17, 15) is 4.79 Å². The van der Waals surface area contributed by atoms with Crippen LogP contribution in [0.4, 0.5) is 5.82 Å². The Balaban J connectivity index is 1.65. The maximum absolute atomic E-state index is 12.7. The fourth-order valence-electron chi connectivity index (χ4n) is 3.04. The van der Waals surface area contributed by atoms with Gasteiger partial charge in [-0.05, 0) is 13.8 Å². The number of carbonyl (C=O) groups is 1. The normalized spacial score (nSPS) is 16.4. The molecule has 1 aliphatic heterocycles. The van der Waals surface area contributed by atoms with Gasteiger partial charge in [-0.2, -0.15) is 0 Å². The molecule has 3 heterocycles. The van der Waals surface area contributed by atoms with Crippen molar-refractivity contribution in [2.24, 2.45) is 0 Å². The highest BCUT2D eigenvalue weighted by Crippen LogP contribution is 2.19. The van der Waals surface area contributed by atoms with E-state index in [4.69, 9.17) is 4.98 Å². The number of imidazole rings is 1. The fourth-order valence-corrected chi connectivity index (χ4v) is 3.04. The molecule has 25 heavy (non-hydrogen) atoms. The molecule has 1 fully saturated rings. The number of aromatic nitrogens is 4. The van der Waals surface area contributed by atoms with Gasteiger partial charge in [0, 0.05) is 56.3 Å². The second-order valence-corrected chi connectivity index (χ2v) is 6.88. The molecule has 0 N–H and O–H groups in total. The van der Waals surface area contributed by atoms with Crippen LogP contribution in [0, 0.1) is 6.92 Å². The summed E-state index contributed by atoms with van der Waals surface area (Å²) in [4.78, 5) is 30.1. The average molecular weight is 342 g/mol. The quantitative estimate of drug-likeness (QED) is 0.850. The van der Waals surface area contributed by atoms with E-state index >= 15 is 0 Å². The molecular weight excluding hydrogens is 316 g/mol. The Labute approximate surface area is 148 Å². The molecule has 1 atom stereocenters. The summed E-state index contributed by atoms with van der Waals surface area (Å²) in [5.41, 5.74) is 0.987. The van der Waals surface area contributed by atoms with Crippen LogP contribution < -0.4 is 4.90 Å². The molecule has 7 nitrogen and oxygen atoms in total. The molecule has 0 spiro atoms. The first-order valence-corrected chi connectivity index (χ1v) is 8.82. The van der Waals surface area contributed by atoms with Crippen molar-refractivity contribution >= 4 is 11.7 Å². The lowest BCUT2D eigenvalue weighted by Gasteiger charge is -2.36. The van der Waals surface area contributed by atoms with E-state index < -0.39 is 0 Å². The maximum Gasteiger partial charge on any atom is 0.245 e. The van der Waals surface area contributed by atoms with Crippen LogP contribution in [0.1, 0.15) is 44.2 Å². The van der Waals surface area contributed by atoms with E-state index in [-0.39, 0.29) is 11.9 Å². The lowest BCUT2D eigenvalue weighted by Crippen LogP contribution is -2.50. The number of carbonyl (C=O) groups excluding carboxylic acids is 1. The van der Waals surface area contributed by atoms with E-state index in [1.165, 1.54) is 0 Å². The van der Waals surface area contributed by atoms with Gasteiger partial charge in [-0.15, -0.1) is 0 Å². The zero-order chi connectivity index (χ0) is 18.0. The van der Waals surface area contributed by atoms with Gasteiger partial charge in [0.25, 0.3) is 0 Å². The van der Waals surface area contributed by atoms with Crippen molar-refractivity contribution in [1.29, 1.82) is 0 Å². The van der Waals surface area contributed by atoms with Crippen molar-refractivity contribution in [2.45, 2.75) is 39.7 Å². The molecule has 2 aromatic rings. The van der Waals surface area contributed by atoms with Crippen molar-refractivity contribution in [2.75, 3.05) is 31.1 Å². The van der Waals surface area contributed by atoms with E-state index in [0.717, 1.165) is 30.4 Å². The Kier molecular flexibility index (Phi) is 5.01. The first-order chi connectivity index (χ1) is 12.0. The van der Waals surface area contributed by atoms with Crippen LogP contribution in [0.15, 0.2) is 24.8 Å². The van der Waals surface area contributed by atoms with E-state index in [2.05, 4.69) is 28.7 Å². The Hall–Kier alpha value is -2.44. The fraction of sp³-hybridized carbons (Fsp3) is 0.556. The third kappa shape index (κ3) is 3.81. The predicted molar refractivity (Wildman–Crippen MR) is 96.6 cm³/mol. The number of hydrogen-bond acceptors (Lipinski definition) is 5. The highest BCUT2D eigenvalue weighted by molar-refractivity contribution is 5.80. The summed E-state index contributed by atoms with van der Waals surface area (Å²) in [6.45, 7) is 11.1. The molecule has 7 heteroatoms. The molecular formula is C18H26N6O. The standard InChI is InChI=1S/C18H26N6O/c1-13(2)17-20-14(3)11-16(21-17)22-7-9-23(10-8-22)18(25)15(4)24-6-5-19-12-24/h5-6,11-13,15H,7-10H2,1-4H3/t15-/m0/s1. The van der Waals surface area contributed by atoms with Gasteiger partial charge in [-0.25, -0.2) is 15.0 Å². The Morgan fingerprint density at radius 2 is 1.84 bits per heavy atom. The molecule has 1 aliphatic rings. The highest BCUT2D eigenvalue weighted by atomic mass is 16.2. The first-order valence-electron chi connectivity index (χ1n) is 8.82. The Morgan fingerprint density at radius 1 is 1.12 bits per heavy atom. The van der Waals surface area contributed by atoms with Crippen molar-refractivity contribution in [1.82, 2.24) is 24.4 Å². The zero-order valence-corrected chi connectivity index (χ0v) is 15.4. The van der Waals surface area contributed by atoms with Gasteiger partial charge in [-0.1, -0.05) is 13.8 Å².